The van der Waals surface area contributed by atoms with Crippen LogP contribution in [0.5, 0.6) is 0 Å². The third kappa shape index (κ3) is 4.94. The van der Waals surface area contributed by atoms with Crippen molar-refractivity contribution in [2.45, 2.75) is 17.4 Å². The molecule has 1 heterocycles. The van der Waals surface area contributed by atoms with Gasteiger partial charge in [-0.25, -0.2) is 35.7 Å². The van der Waals surface area contributed by atoms with Crippen LogP contribution in [0.25, 0.3) is 0 Å². The maximum atomic E-state index is 13.6. The first kappa shape index (κ1) is 22.5. The van der Waals surface area contributed by atoms with Crippen molar-refractivity contribution in [3.8, 4) is 0 Å². The van der Waals surface area contributed by atoms with Crippen molar-refractivity contribution in [3.05, 3.63) is 81.2 Å². The molecule has 0 radical (unpaired) electrons. The molecule has 0 spiro atoms. The van der Waals surface area contributed by atoms with Crippen LogP contribution in [-0.4, -0.2) is 31.4 Å². The van der Waals surface area contributed by atoms with E-state index in [4.69, 9.17) is 23.2 Å². The van der Waals surface area contributed by atoms with Gasteiger partial charge >= 0.3 is 0 Å². The summed E-state index contributed by atoms with van der Waals surface area (Å²) >= 11 is 11.7. The van der Waals surface area contributed by atoms with Gasteiger partial charge in [0.15, 0.2) is 5.03 Å². The lowest BCUT2D eigenvalue weighted by atomic mass is 9.90. The van der Waals surface area contributed by atoms with Gasteiger partial charge in [0.05, 0.1) is 28.7 Å². The Balaban J connectivity index is 2.08. The number of aromatic amines is 1. The first-order valence-corrected chi connectivity index (χ1v) is 10.5. The van der Waals surface area contributed by atoms with Crippen LogP contribution in [0.1, 0.15) is 22.9 Å². The summed E-state index contributed by atoms with van der Waals surface area (Å²) in [6, 6.07) is 7.64. The average Bonchev–Trinajstić information content (AvgIpc) is 3.17. The molecule has 160 valence electrons. The quantitative estimate of drug-likeness (QED) is 0.479. The van der Waals surface area contributed by atoms with Crippen LogP contribution in [0.2, 0.25) is 10.0 Å². The molecule has 0 atom stereocenters. The number of nitrogens with one attached hydrogen (secondary N) is 2. The highest BCUT2D eigenvalue weighted by Gasteiger charge is 2.25. The zero-order valence-electron chi connectivity index (χ0n) is 14.8. The maximum Gasteiger partial charge on any atom is 0.257 e. The van der Waals surface area contributed by atoms with Gasteiger partial charge in [-0.2, -0.15) is 0 Å². The molecular formula is C18H13Cl2F4N3O2S. The summed E-state index contributed by atoms with van der Waals surface area (Å²) in [7, 11) is -4.28. The fourth-order valence-corrected chi connectivity index (χ4v) is 4.05. The van der Waals surface area contributed by atoms with Crippen molar-refractivity contribution in [1.82, 2.24) is 14.7 Å². The Hall–Kier alpha value is -2.14. The van der Waals surface area contributed by atoms with Gasteiger partial charge in [-0.3, -0.25) is 0 Å². The topological polar surface area (TPSA) is 74.8 Å². The number of nitrogens with zero attached hydrogens (tertiary/aromatic N) is 1. The van der Waals surface area contributed by atoms with Crippen LogP contribution in [0.3, 0.4) is 0 Å². The fourth-order valence-electron chi connectivity index (χ4n) is 2.74. The van der Waals surface area contributed by atoms with Crippen molar-refractivity contribution < 1.29 is 26.0 Å². The molecule has 0 saturated carbocycles. The van der Waals surface area contributed by atoms with Crippen molar-refractivity contribution in [1.29, 1.82) is 0 Å². The molecule has 0 aliphatic rings. The molecule has 5 nitrogen and oxygen atoms in total. The van der Waals surface area contributed by atoms with Crippen LogP contribution in [0.4, 0.5) is 17.6 Å². The molecule has 0 aliphatic carbocycles. The molecule has 0 unspecified atom stereocenters. The number of rotatable bonds is 7. The van der Waals surface area contributed by atoms with E-state index in [0.29, 0.717) is 11.1 Å². The maximum absolute atomic E-state index is 13.6. The van der Waals surface area contributed by atoms with E-state index < -0.39 is 45.6 Å². The molecule has 0 amide bonds. The predicted molar refractivity (Wildman–Crippen MR) is 104 cm³/mol. The summed E-state index contributed by atoms with van der Waals surface area (Å²) in [5.74, 6) is -2.11. The van der Waals surface area contributed by atoms with Gasteiger partial charge in [-0.15, -0.1) is 0 Å². The third-order valence-electron chi connectivity index (χ3n) is 4.12. The van der Waals surface area contributed by atoms with E-state index in [1.165, 1.54) is 24.3 Å². The largest absolute Gasteiger partial charge is 0.331 e. The number of hydrogen-bond acceptors (Lipinski definition) is 3. The Morgan fingerprint density at radius 1 is 1.00 bits per heavy atom. The first-order valence-electron chi connectivity index (χ1n) is 8.31. The highest BCUT2D eigenvalue weighted by molar-refractivity contribution is 7.89. The van der Waals surface area contributed by atoms with Gasteiger partial charge in [0, 0.05) is 0 Å². The van der Waals surface area contributed by atoms with E-state index in [2.05, 4.69) is 9.97 Å². The van der Waals surface area contributed by atoms with Crippen molar-refractivity contribution in [2.24, 2.45) is 0 Å². The second-order valence-electron chi connectivity index (χ2n) is 6.16. The average molecular weight is 482 g/mol. The van der Waals surface area contributed by atoms with Gasteiger partial charge in [0.1, 0.15) is 17.5 Å². The predicted octanol–water partition coefficient (Wildman–Crippen LogP) is 4.72. The van der Waals surface area contributed by atoms with Crippen molar-refractivity contribution in [3.63, 3.8) is 0 Å². The summed E-state index contributed by atoms with van der Waals surface area (Å²) in [6.45, 7) is -1.07. The normalized spacial score (nSPS) is 12.1. The molecule has 0 fully saturated rings. The lowest BCUT2D eigenvalue weighted by Crippen LogP contribution is -2.28. The van der Waals surface area contributed by atoms with E-state index in [1.54, 1.807) is 4.72 Å². The molecule has 30 heavy (non-hydrogen) atoms. The minimum Gasteiger partial charge on any atom is -0.331 e. The van der Waals surface area contributed by atoms with Gasteiger partial charge in [-0.1, -0.05) is 35.3 Å². The zero-order valence-corrected chi connectivity index (χ0v) is 17.2. The third-order valence-corrected chi connectivity index (χ3v) is 6.03. The number of aromatic nitrogens is 2. The van der Waals surface area contributed by atoms with Crippen LogP contribution in [-0.2, 0) is 10.0 Å². The fraction of sp³-hybridized carbons (Fsp3) is 0.167. The molecule has 3 aromatic rings. The van der Waals surface area contributed by atoms with Crippen LogP contribution in [0, 0.1) is 11.6 Å². The Bertz CT molecular complexity index is 1120. The van der Waals surface area contributed by atoms with Gasteiger partial charge in [0.25, 0.3) is 16.4 Å². The van der Waals surface area contributed by atoms with Gasteiger partial charge in [-0.05, 0) is 35.4 Å². The zero-order chi connectivity index (χ0) is 22.1. The molecule has 0 bridgehead atoms. The number of H-pyrrole nitrogens is 1. The van der Waals surface area contributed by atoms with Crippen LogP contribution < -0.4 is 4.72 Å². The number of sulfonamides is 1. The van der Waals surface area contributed by atoms with E-state index in [0.717, 1.165) is 18.3 Å². The summed E-state index contributed by atoms with van der Waals surface area (Å²) in [6.07, 6.45) is -1.93. The number of halogens is 6. The second-order valence-corrected chi connectivity index (χ2v) is 8.71. The lowest BCUT2D eigenvalue weighted by molar-refractivity contribution is 0.153. The Morgan fingerprint density at radius 3 is 2.00 bits per heavy atom. The molecule has 2 N–H and O–H groups in total. The molecule has 1 aromatic heterocycles. The molecular weight excluding hydrogens is 469 g/mol. The smallest absolute Gasteiger partial charge is 0.257 e. The summed E-state index contributed by atoms with van der Waals surface area (Å²) < 4.78 is 78.1. The monoisotopic (exact) mass is 481 g/mol. The van der Waals surface area contributed by atoms with Gasteiger partial charge in [0.2, 0.25) is 0 Å². The van der Waals surface area contributed by atoms with Crippen LogP contribution >= 0.6 is 23.2 Å². The summed E-state index contributed by atoms with van der Waals surface area (Å²) in [5, 5.41) is -0.836. The number of benzene rings is 2. The highest BCUT2D eigenvalue weighted by Crippen LogP contribution is 2.34. The van der Waals surface area contributed by atoms with E-state index in [1.807, 2.05) is 0 Å². The second kappa shape index (κ2) is 8.93. The molecule has 3 rings (SSSR count). The Kier molecular flexibility index (Phi) is 6.71. The Morgan fingerprint density at radius 2 is 1.53 bits per heavy atom. The lowest BCUT2D eigenvalue weighted by Gasteiger charge is -2.17. The van der Waals surface area contributed by atoms with E-state index in [-0.39, 0.29) is 15.9 Å². The SMILES string of the molecule is O=S(=O)(NCC(F)F)c1cnc(C(c2ccc(F)c(Cl)c2)c2ccc(F)c(Cl)c2)[nH]1. The van der Waals surface area contributed by atoms with Crippen molar-refractivity contribution in [2.75, 3.05) is 6.54 Å². The minimum atomic E-state index is -4.28. The van der Waals surface area contributed by atoms with E-state index >= 15 is 0 Å². The first-order chi connectivity index (χ1) is 14.1. The molecule has 12 heteroatoms. The molecule has 2 aromatic carbocycles. The minimum absolute atomic E-state index is 0.0674. The number of hydrogen-bond donors (Lipinski definition) is 2. The van der Waals surface area contributed by atoms with E-state index in [9.17, 15) is 26.0 Å². The number of imidazole rings is 1. The molecule has 0 aliphatic heterocycles. The number of alkyl halides is 2. The standard InChI is InChI=1S/C18H13Cl2F4N3O2S/c19-11-5-9(1-3-13(11)21)17(10-2-4-14(22)12(20)6-10)18-25-8-16(27-18)30(28,29)26-7-15(23)24/h1-6,8,15,17,26H,7H2,(H,25,27). The van der Waals surface area contributed by atoms with Crippen molar-refractivity contribution >= 4 is 33.2 Å². The van der Waals surface area contributed by atoms with Crippen LogP contribution in [0.15, 0.2) is 47.6 Å². The van der Waals surface area contributed by atoms with Gasteiger partial charge < -0.3 is 4.98 Å². The highest BCUT2D eigenvalue weighted by atomic mass is 35.5. The summed E-state index contributed by atoms with van der Waals surface area (Å²) in [4.78, 5) is 6.59. The summed E-state index contributed by atoms with van der Waals surface area (Å²) in [5.41, 5.74) is 0.811. The molecule has 0 saturated heterocycles. The Labute approximate surface area is 179 Å².